The summed E-state index contributed by atoms with van der Waals surface area (Å²) in [6, 6.07) is 1.64. The van der Waals surface area contributed by atoms with E-state index in [1.807, 2.05) is 13.8 Å². The number of carbonyl (C=O) groups excluding carboxylic acids is 2. The zero-order valence-corrected chi connectivity index (χ0v) is 11.7. The second-order valence-corrected chi connectivity index (χ2v) is 4.11. The summed E-state index contributed by atoms with van der Waals surface area (Å²) in [4.78, 5) is 23.8. The molecule has 0 saturated heterocycles. The Labute approximate surface area is 112 Å². The van der Waals surface area contributed by atoms with Crippen molar-refractivity contribution in [2.24, 2.45) is 5.73 Å². The summed E-state index contributed by atoms with van der Waals surface area (Å²) in [7, 11) is 4.49. The SMILES string of the molecule is COc1cc(N(C)C(=O)C(N)=O)c(OC)c(C)c1C. The van der Waals surface area contributed by atoms with Gasteiger partial charge in [0, 0.05) is 13.1 Å². The summed E-state index contributed by atoms with van der Waals surface area (Å²) in [6.07, 6.45) is 0. The summed E-state index contributed by atoms with van der Waals surface area (Å²) in [5.41, 5.74) is 7.18. The highest BCUT2D eigenvalue weighted by atomic mass is 16.5. The molecule has 104 valence electrons. The van der Waals surface area contributed by atoms with E-state index in [0.717, 1.165) is 16.0 Å². The third-order valence-corrected chi connectivity index (χ3v) is 3.07. The highest BCUT2D eigenvalue weighted by Gasteiger charge is 2.23. The topological polar surface area (TPSA) is 81.9 Å². The van der Waals surface area contributed by atoms with Crippen molar-refractivity contribution in [3.8, 4) is 11.5 Å². The van der Waals surface area contributed by atoms with Crippen LogP contribution in [0.25, 0.3) is 0 Å². The molecular weight excluding hydrogens is 248 g/mol. The Hall–Kier alpha value is -2.24. The largest absolute Gasteiger partial charge is 0.496 e. The van der Waals surface area contributed by atoms with E-state index in [2.05, 4.69) is 0 Å². The molecule has 1 aromatic carbocycles. The van der Waals surface area contributed by atoms with E-state index in [9.17, 15) is 9.59 Å². The minimum absolute atomic E-state index is 0.436. The Balaban J connectivity index is 3.45. The van der Waals surface area contributed by atoms with Gasteiger partial charge in [-0.2, -0.15) is 0 Å². The van der Waals surface area contributed by atoms with Crippen molar-refractivity contribution in [3.05, 3.63) is 17.2 Å². The van der Waals surface area contributed by atoms with Crippen LogP contribution in [0.15, 0.2) is 6.07 Å². The zero-order chi connectivity index (χ0) is 14.7. The first-order valence-electron chi connectivity index (χ1n) is 5.64. The number of ether oxygens (including phenoxy) is 2. The van der Waals surface area contributed by atoms with Crippen molar-refractivity contribution in [2.45, 2.75) is 13.8 Å². The molecule has 0 aliphatic carbocycles. The summed E-state index contributed by atoms with van der Waals surface area (Å²) in [5, 5.41) is 0. The molecule has 1 rings (SSSR count). The molecule has 0 spiro atoms. The molecule has 0 bridgehead atoms. The fourth-order valence-corrected chi connectivity index (χ4v) is 1.84. The molecule has 2 N–H and O–H groups in total. The van der Waals surface area contributed by atoms with Crippen LogP contribution in [-0.4, -0.2) is 33.1 Å². The fourth-order valence-electron chi connectivity index (χ4n) is 1.84. The molecule has 0 aliphatic rings. The van der Waals surface area contributed by atoms with Gasteiger partial charge in [0.05, 0.1) is 19.9 Å². The number of hydrogen-bond donors (Lipinski definition) is 1. The van der Waals surface area contributed by atoms with Crippen LogP contribution in [0.1, 0.15) is 11.1 Å². The molecule has 0 aliphatic heterocycles. The second kappa shape index (κ2) is 5.60. The van der Waals surface area contributed by atoms with Gasteiger partial charge in [0.2, 0.25) is 0 Å². The lowest BCUT2D eigenvalue weighted by Crippen LogP contribution is -2.38. The first kappa shape index (κ1) is 14.8. The van der Waals surface area contributed by atoms with E-state index in [1.54, 1.807) is 6.07 Å². The maximum absolute atomic E-state index is 11.7. The number of carbonyl (C=O) groups is 2. The van der Waals surface area contributed by atoms with Gasteiger partial charge in [0.1, 0.15) is 11.5 Å². The molecule has 0 saturated carbocycles. The van der Waals surface area contributed by atoms with Crippen molar-refractivity contribution < 1.29 is 19.1 Å². The Morgan fingerprint density at radius 1 is 1.16 bits per heavy atom. The predicted octanol–water partition coefficient (Wildman–Crippen LogP) is 0.769. The number of nitrogens with two attached hydrogens (primary N) is 1. The summed E-state index contributed by atoms with van der Waals surface area (Å²) >= 11 is 0. The van der Waals surface area contributed by atoms with Crippen molar-refractivity contribution in [1.82, 2.24) is 0 Å². The lowest BCUT2D eigenvalue weighted by molar-refractivity contribution is -0.135. The minimum atomic E-state index is -1.03. The van der Waals surface area contributed by atoms with Crippen LogP contribution in [-0.2, 0) is 9.59 Å². The number of hydrogen-bond acceptors (Lipinski definition) is 4. The second-order valence-electron chi connectivity index (χ2n) is 4.11. The first-order chi connectivity index (χ1) is 8.84. The molecule has 1 aromatic rings. The Morgan fingerprint density at radius 3 is 2.16 bits per heavy atom. The molecule has 0 atom stereocenters. The van der Waals surface area contributed by atoms with Crippen LogP contribution in [0.3, 0.4) is 0 Å². The van der Waals surface area contributed by atoms with Crippen LogP contribution in [0, 0.1) is 13.8 Å². The van der Waals surface area contributed by atoms with Crippen molar-refractivity contribution >= 4 is 17.5 Å². The van der Waals surface area contributed by atoms with Gasteiger partial charge in [-0.3, -0.25) is 9.59 Å². The Kier molecular flexibility index (Phi) is 4.37. The molecule has 6 nitrogen and oxygen atoms in total. The van der Waals surface area contributed by atoms with Gasteiger partial charge >= 0.3 is 11.8 Å². The normalized spacial score (nSPS) is 9.95. The smallest absolute Gasteiger partial charge is 0.315 e. The number of likely N-dealkylation sites (N-methyl/N-ethyl adjacent to an activating group) is 1. The Bertz CT molecular complexity index is 526. The minimum Gasteiger partial charge on any atom is -0.496 e. The highest BCUT2D eigenvalue weighted by Crippen LogP contribution is 2.38. The van der Waals surface area contributed by atoms with Crippen molar-refractivity contribution in [1.29, 1.82) is 0 Å². The number of benzene rings is 1. The standard InChI is InChI=1S/C13H18N2O4/c1-7-8(2)11(19-5)9(6-10(7)18-4)15(3)13(17)12(14)16/h6H,1-5H3,(H2,14,16). The fraction of sp³-hybridized carbons (Fsp3) is 0.385. The summed E-state index contributed by atoms with van der Waals surface area (Å²) in [5.74, 6) is -0.724. The lowest BCUT2D eigenvalue weighted by Gasteiger charge is -2.22. The molecule has 0 heterocycles. The number of methoxy groups -OCH3 is 2. The molecule has 0 aromatic heterocycles. The number of anilines is 1. The van der Waals surface area contributed by atoms with Gasteiger partial charge in [-0.05, 0) is 25.0 Å². The quantitative estimate of drug-likeness (QED) is 0.819. The number of rotatable bonds is 3. The summed E-state index contributed by atoms with van der Waals surface area (Å²) in [6.45, 7) is 3.74. The van der Waals surface area contributed by atoms with Crippen molar-refractivity contribution in [3.63, 3.8) is 0 Å². The van der Waals surface area contributed by atoms with Gasteiger partial charge in [-0.15, -0.1) is 0 Å². The van der Waals surface area contributed by atoms with E-state index in [-0.39, 0.29) is 0 Å². The molecule has 19 heavy (non-hydrogen) atoms. The number of amides is 2. The van der Waals surface area contributed by atoms with Crippen LogP contribution in [0.5, 0.6) is 11.5 Å². The van der Waals surface area contributed by atoms with E-state index in [1.165, 1.54) is 21.3 Å². The zero-order valence-electron chi connectivity index (χ0n) is 11.7. The highest BCUT2D eigenvalue weighted by molar-refractivity contribution is 6.39. The molecular formula is C13H18N2O4. The first-order valence-corrected chi connectivity index (χ1v) is 5.64. The van der Waals surface area contributed by atoms with Gasteiger partial charge in [-0.1, -0.05) is 0 Å². The van der Waals surface area contributed by atoms with Gasteiger partial charge in [0.15, 0.2) is 0 Å². The maximum Gasteiger partial charge on any atom is 0.315 e. The van der Waals surface area contributed by atoms with Crippen molar-refractivity contribution in [2.75, 3.05) is 26.2 Å². The van der Waals surface area contributed by atoms with Crippen LogP contribution < -0.4 is 20.1 Å². The van der Waals surface area contributed by atoms with Gasteiger partial charge in [-0.25, -0.2) is 0 Å². The lowest BCUT2D eigenvalue weighted by atomic mass is 10.1. The van der Waals surface area contributed by atoms with E-state index >= 15 is 0 Å². The average Bonchev–Trinajstić information content (AvgIpc) is 2.39. The third-order valence-electron chi connectivity index (χ3n) is 3.07. The monoisotopic (exact) mass is 266 g/mol. The van der Waals surface area contributed by atoms with E-state index in [4.69, 9.17) is 15.2 Å². The number of nitrogens with zero attached hydrogens (tertiary/aromatic N) is 1. The average molecular weight is 266 g/mol. The van der Waals surface area contributed by atoms with Gasteiger partial charge in [0.25, 0.3) is 0 Å². The molecule has 0 fully saturated rings. The maximum atomic E-state index is 11.7. The predicted molar refractivity (Wildman–Crippen MR) is 71.6 cm³/mol. The van der Waals surface area contributed by atoms with E-state index < -0.39 is 11.8 Å². The third kappa shape index (κ3) is 2.62. The summed E-state index contributed by atoms with van der Waals surface area (Å²) < 4.78 is 10.6. The number of primary amides is 1. The van der Waals surface area contributed by atoms with Crippen LogP contribution in [0.4, 0.5) is 5.69 Å². The van der Waals surface area contributed by atoms with Gasteiger partial charge < -0.3 is 20.1 Å². The molecule has 6 heteroatoms. The van der Waals surface area contributed by atoms with E-state index in [0.29, 0.717) is 17.2 Å². The molecule has 0 unspecified atom stereocenters. The Morgan fingerprint density at radius 2 is 1.74 bits per heavy atom. The van der Waals surface area contributed by atoms with Crippen LogP contribution >= 0.6 is 0 Å². The molecule has 2 amide bonds. The van der Waals surface area contributed by atoms with Crippen LogP contribution in [0.2, 0.25) is 0 Å². The molecule has 0 radical (unpaired) electrons.